The molecule has 1 saturated carbocycles. The third-order valence-electron chi connectivity index (χ3n) is 5.59. The van der Waals surface area contributed by atoms with Gasteiger partial charge < -0.3 is 14.7 Å². The molecule has 0 aromatic heterocycles. The molecule has 5 heteroatoms. The molecule has 1 saturated heterocycles. The van der Waals surface area contributed by atoms with E-state index >= 15 is 0 Å². The maximum absolute atomic E-state index is 12.7. The van der Waals surface area contributed by atoms with Gasteiger partial charge in [0.25, 0.3) is 0 Å². The molecule has 1 N–H and O–H groups in total. The first kappa shape index (κ1) is 17.3. The number of ether oxygens (including phenoxy) is 1. The Morgan fingerprint density at radius 2 is 2.00 bits per heavy atom. The van der Waals surface area contributed by atoms with Crippen LogP contribution in [0.4, 0.5) is 0 Å². The van der Waals surface area contributed by atoms with Crippen LogP contribution in [-0.4, -0.2) is 47.7 Å². The summed E-state index contributed by atoms with van der Waals surface area (Å²) in [5.41, 5.74) is 0.205. The number of aliphatic carboxylic acids is 1. The van der Waals surface area contributed by atoms with Crippen molar-refractivity contribution in [3.8, 4) is 0 Å². The first-order valence-corrected chi connectivity index (χ1v) is 8.37. The molecule has 1 aliphatic heterocycles. The van der Waals surface area contributed by atoms with Gasteiger partial charge in [-0.3, -0.25) is 9.59 Å². The maximum Gasteiger partial charge on any atom is 0.305 e. The lowest BCUT2D eigenvalue weighted by atomic mass is 9.67. The lowest BCUT2D eigenvalue weighted by molar-refractivity contribution is -0.140. The van der Waals surface area contributed by atoms with Gasteiger partial charge in [-0.1, -0.05) is 26.7 Å². The molecule has 0 spiro atoms. The van der Waals surface area contributed by atoms with Gasteiger partial charge in [0.15, 0.2) is 0 Å². The number of carboxylic acids is 1. The van der Waals surface area contributed by atoms with Gasteiger partial charge in [0.05, 0.1) is 12.5 Å². The fourth-order valence-corrected chi connectivity index (χ4v) is 4.02. The Morgan fingerprint density at radius 1 is 1.27 bits per heavy atom. The fourth-order valence-electron chi connectivity index (χ4n) is 4.02. The van der Waals surface area contributed by atoms with Crippen molar-refractivity contribution >= 4 is 11.9 Å². The number of methoxy groups -OCH3 is 1. The van der Waals surface area contributed by atoms with Crippen LogP contribution in [0.3, 0.4) is 0 Å². The largest absolute Gasteiger partial charge is 0.481 e. The van der Waals surface area contributed by atoms with Gasteiger partial charge in [-0.05, 0) is 30.6 Å². The summed E-state index contributed by atoms with van der Waals surface area (Å²) < 4.78 is 5.35. The van der Waals surface area contributed by atoms with Crippen LogP contribution < -0.4 is 0 Å². The second kappa shape index (κ2) is 6.99. The summed E-state index contributed by atoms with van der Waals surface area (Å²) in [4.78, 5) is 25.5. The summed E-state index contributed by atoms with van der Waals surface area (Å²) in [5, 5.41) is 9.06. The van der Waals surface area contributed by atoms with E-state index < -0.39 is 5.97 Å². The average Bonchev–Trinajstić information content (AvgIpc) is 2.83. The number of rotatable bonds is 5. The molecule has 0 radical (unpaired) electrons. The van der Waals surface area contributed by atoms with Crippen molar-refractivity contribution in [1.82, 2.24) is 4.90 Å². The summed E-state index contributed by atoms with van der Waals surface area (Å²) in [5.74, 6) is -0.343. The van der Waals surface area contributed by atoms with Crippen LogP contribution in [-0.2, 0) is 14.3 Å². The predicted octanol–water partition coefficient (Wildman–Crippen LogP) is 2.68. The number of hydrogen-bond acceptors (Lipinski definition) is 3. The van der Waals surface area contributed by atoms with Gasteiger partial charge in [-0.25, -0.2) is 0 Å². The number of likely N-dealkylation sites (tertiary alicyclic amines) is 1. The molecule has 5 nitrogen and oxygen atoms in total. The molecule has 3 unspecified atom stereocenters. The van der Waals surface area contributed by atoms with Crippen molar-refractivity contribution in [2.24, 2.45) is 11.3 Å². The molecular weight excluding hydrogens is 282 g/mol. The molecule has 2 fully saturated rings. The standard InChI is InChI=1S/C17H29NO4/c1-17(2)7-5-4-6-12(17)8-15(19)18-11-14(22-3)9-13(18)10-16(20)21/h12-14H,4-11H2,1-3H3,(H,20,21). The minimum Gasteiger partial charge on any atom is -0.481 e. The highest BCUT2D eigenvalue weighted by Crippen LogP contribution is 2.42. The Morgan fingerprint density at radius 3 is 2.59 bits per heavy atom. The second-order valence-electron chi connectivity index (χ2n) is 7.53. The van der Waals surface area contributed by atoms with Crippen LogP contribution in [0.2, 0.25) is 0 Å². The molecule has 126 valence electrons. The van der Waals surface area contributed by atoms with E-state index in [4.69, 9.17) is 9.84 Å². The van der Waals surface area contributed by atoms with Crippen LogP contribution in [0, 0.1) is 11.3 Å². The smallest absolute Gasteiger partial charge is 0.305 e. The van der Waals surface area contributed by atoms with Crippen molar-refractivity contribution in [3.05, 3.63) is 0 Å². The number of carboxylic acid groups (broad SMARTS) is 1. The molecule has 2 rings (SSSR count). The van der Waals surface area contributed by atoms with Gasteiger partial charge in [0.1, 0.15) is 0 Å². The van der Waals surface area contributed by atoms with E-state index in [1.807, 2.05) is 0 Å². The molecule has 0 bridgehead atoms. The van der Waals surface area contributed by atoms with Crippen molar-refractivity contribution in [3.63, 3.8) is 0 Å². The lowest BCUT2D eigenvalue weighted by Gasteiger charge is -2.39. The summed E-state index contributed by atoms with van der Waals surface area (Å²) in [7, 11) is 1.63. The molecule has 1 aliphatic carbocycles. The van der Waals surface area contributed by atoms with E-state index in [2.05, 4.69) is 13.8 Å². The minimum absolute atomic E-state index is 0.0136. The summed E-state index contributed by atoms with van der Waals surface area (Å²) in [6, 6.07) is -0.221. The van der Waals surface area contributed by atoms with Crippen molar-refractivity contribution in [2.45, 2.75) is 70.9 Å². The molecule has 0 aromatic carbocycles. The monoisotopic (exact) mass is 311 g/mol. The van der Waals surface area contributed by atoms with Gasteiger partial charge >= 0.3 is 5.97 Å². The van der Waals surface area contributed by atoms with Crippen LogP contribution >= 0.6 is 0 Å². The zero-order valence-corrected chi connectivity index (χ0v) is 14.0. The maximum atomic E-state index is 12.7. The second-order valence-corrected chi connectivity index (χ2v) is 7.53. The van der Waals surface area contributed by atoms with Gasteiger partial charge in [0, 0.05) is 26.1 Å². The van der Waals surface area contributed by atoms with Crippen LogP contribution in [0.25, 0.3) is 0 Å². The van der Waals surface area contributed by atoms with E-state index in [1.165, 1.54) is 19.3 Å². The van der Waals surface area contributed by atoms with Gasteiger partial charge in [-0.15, -0.1) is 0 Å². The fraction of sp³-hybridized carbons (Fsp3) is 0.882. The highest BCUT2D eigenvalue weighted by molar-refractivity contribution is 5.78. The van der Waals surface area contributed by atoms with E-state index in [1.54, 1.807) is 12.0 Å². The van der Waals surface area contributed by atoms with Crippen LogP contribution in [0.1, 0.15) is 58.8 Å². The molecule has 0 aromatic rings. The highest BCUT2D eigenvalue weighted by Gasteiger charge is 2.39. The normalized spacial score (nSPS) is 31.2. The minimum atomic E-state index is -0.849. The van der Waals surface area contributed by atoms with Crippen molar-refractivity contribution < 1.29 is 19.4 Å². The number of carbonyl (C=O) groups excluding carboxylic acids is 1. The van der Waals surface area contributed by atoms with Crippen LogP contribution in [0.15, 0.2) is 0 Å². The van der Waals surface area contributed by atoms with E-state index in [0.29, 0.717) is 25.3 Å². The topological polar surface area (TPSA) is 66.8 Å². The van der Waals surface area contributed by atoms with E-state index in [0.717, 1.165) is 6.42 Å². The first-order chi connectivity index (χ1) is 10.3. The lowest BCUT2D eigenvalue weighted by Crippen LogP contribution is -2.40. The molecule has 2 aliphatic rings. The van der Waals surface area contributed by atoms with Crippen LogP contribution in [0.5, 0.6) is 0 Å². The summed E-state index contributed by atoms with van der Waals surface area (Å²) in [6.07, 6.45) is 5.86. The zero-order chi connectivity index (χ0) is 16.3. The molecule has 1 amide bonds. The summed E-state index contributed by atoms with van der Waals surface area (Å²) >= 11 is 0. The van der Waals surface area contributed by atoms with Gasteiger partial charge in [-0.2, -0.15) is 0 Å². The average molecular weight is 311 g/mol. The molecule has 22 heavy (non-hydrogen) atoms. The molecule has 3 atom stereocenters. The predicted molar refractivity (Wildman–Crippen MR) is 83.5 cm³/mol. The van der Waals surface area contributed by atoms with Crippen molar-refractivity contribution in [1.29, 1.82) is 0 Å². The third-order valence-corrected chi connectivity index (χ3v) is 5.59. The number of nitrogens with zero attached hydrogens (tertiary/aromatic N) is 1. The Labute approximate surface area is 133 Å². The first-order valence-electron chi connectivity index (χ1n) is 8.37. The Kier molecular flexibility index (Phi) is 5.48. The Bertz CT molecular complexity index is 421. The Hall–Kier alpha value is -1.10. The van der Waals surface area contributed by atoms with E-state index in [-0.39, 0.29) is 29.9 Å². The van der Waals surface area contributed by atoms with E-state index in [9.17, 15) is 9.59 Å². The molecule has 1 heterocycles. The summed E-state index contributed by atoms with van der Waals surface area (Å²) in [6.45, 7) is 5.03. The zero-order valence-electron chi connectivity index (χ0n) is 14.0. The SMILES string of the molecule is COC1CC(CC(=O)O)N(C(=O)CC2CCCCC2(C)C)C1. The van der Waals surface area contributed by atoms with Gasteiger partial charge in [0.2, 0.25) is 5.91 Å². The van der Waals surface area contributed by atoms with Crippen molar-refractivity contribution in [2.75, 3.05) is 13.7 Å². The number of carbonyl (C=O) groups is 2. The Balaban J connectivity index is 2.01. The number of hydrogen-bond donors (Lipinski definition) is 1. The quantitative estimate of drug-likeness (QED) is 0.847. The third kappa shape index (κ3) is 4.00. The highest BCUT2D eigenvalue weighted by atomic mass is 16.5. The number of amides is 1. The molecular formula is C17H29NO4.